The molecule has 0 saturated carbocycles. The second kappa shape index (κ2) is 11.9. The summed E-state index contributed by atoms with van der Waals surface area (Å²) < 4.78 is 11.3. The quantitative estimate of drug-likeness (QED) is 0.405. The molecular weight excluding hydrogens is 436 g/mol. The van der Waals surface area contributed by atoms with Gasteiger partial charge < -0.3 is 20.1 Å². The van der Waals surface area contributed by atoms with E-state index in [1.165, 1.54) is 11.3 Å². The Balaban J connectivity index is 1.80. The van der Waals surface area contributed by atoms with Crippen LogP contribution in [-0.2, 0) is 4.79 Å². The third-order valence-electron chi connectivity index (χ3n) is 4.77. The monoisotopic (exact) mass is 464 g/mol. The zero-order valence-electron chi connectivity index (χ0n) is 19.0. The first-order valence-corrected chi connectivity index (χ1v) is 11.7. The second-order valence-corrected chi connectivity index (χ2v) is 8.14. The maximum atomic E-state index is 13.2. The topological polar surface area (TPSA) is 76.7 Å². The molecule has 1 heterocycles. The van der Waals surface area contributed by atoms with Gasteiger partial charge in [0, 0.05) is 10.4 Å². The van der Waals surface area contributed by atoms with Gasteiger partial charge in [-0.3, -0.25) is 9.59 Å². The minimum Gasteiger partial charge on any atom is -0.490 e. The first kappa shape index (κ1) is 24.1. The standard InChI is InChI=1S/C26H28N2O4S/c1-4-31-23-14-13-20(16-24(23)32-5-2)18(3)27-26(30)22(17-21-12-9-15-33-21)28-25(29)19-10-7-6-8-11-19/h6-18H,4-5H2,1-3H3,(H,27,30)(H,28,29)/b22-17-/t18-/m0/s1. The summed E-state index contributed by atoms with van der Waals surface area (Å²) in [7, 11) is 0. The third-order valence-corrected chi connectivity index (χ3v) is 5.59. The number of benzene rings is 2. The average molecular weight is 465 g/mol. The minimum atomic E-state index is -0.382. The van der Waals surface area contributed by atoms with Crippen LogP contribution in [0.2, 0.25) is 0 Å². The highest BCUT2D eigenvalue weighted by atomic mass is 32.1. The number of carbonyl (C=O) groups is 2. The Morgan fingerprint density at radius 2 is 1.70 bits per heavy atom. The fourth-order valence-electron chi connectivity index (χ4n) is 3.15. The highest BCUT2D eigenvalue weighted by molar-refractivity contribution is 7.10. The van der Waals surface area contributed by atoms with E-state index in [9.17, 15) is 9.59 Å². The largest absolute Gasteiger partial charge is 0.490 e. The molecule has 0 spiro atoms. The molecule has 0 aliphatic heterocycles. The lowest BCUT2D eigenvalue weighted by atomic mass is 10.1. The Bertz CT molecular complexity index is 1090. The fourth-order valence-corrected chi connectivity index (χ4v) is 3.81. The van der Waals surface area contributed by atoms with E-state index >= 15 is 0 Å². The van der Waals surface area contributed by atoms with Crippen LogP contribution in [0.4, 0.5) is 0 Å². The van der Waals surface area contributed by atoms with Gasteiger partial charge in [0.25, 0.3) is 11.8 Å². The summed E-state index contributed by atoms with van der Waals surface area (Å²) in [6.45, 7) is 6.74. The van der Waals surface area contributed by atoms with Gasteiger partial charge >= 0.3 is 0 Å². The van der Waals surface area contributed by atoms with Gasteiger partial charge in [-0.15, -0.1) is 11.3 Å². The molecule has 0 radical (unpaired) electrons. The van der Waals surface area contributed by atoms with Crippen molar-refractivity contribution >= 4 is 29.2 Å². The lowest BCUT2D eigenvalue weighted by Crippen LogP contribution is -2.36. The van der Waals surface area contributed by atoms with E-state index in [2.05, 4.69) is 10.6 Å². The van der Waals surface area contributed by atoms with Crippen molar-refractivity contribution in [3.8, 4) is 11.5 Å². The Kier molecular flexibility index (Phi) is 8.66. The molecule has 3 aromatic rings. The number of rotatable bonds is 10. The molecule has 0 saturated heterocycles. The first-order valence-electron chi connectivity index (χ1n) is 10.8. The summed E-state index contributed by atoms with van der Waals surface area (Å²) in [5, 5.41) is 7.65. The lowest BCUT2D eigenvalue weighted by molar-refractivity contribution is -0.118. The fraction of sp³-hybridized carbons (Fsp3) is 0.231. The maximum Gasteiger partial charge on any atom is 0.268 e. The molecule has 0 aliphatic carbocycles. The molecule has 2 aromatic carbocycles. The lowest BCUT2D eigenvalue weighted by Gasteiger charge is -2.19. The van der Waals surface area contributed by atoms with Crippen molar-refractivity contribution < 1.29 is 19.1 Å². The molecule has 6 nitrogen and oxygen atoms in total. The van der Waals surface area contributed by atoms with Crippen LogP contribution in [0.25, 0.3) is 6.08 Å². The third kappa shape index (κ3) is 6.70. The Morgan fingerprint density at radius 1 is 0.970 bits per heavy atom. The molecule has 0 unspecified atom stereocenters. The number of nitrogens with one attached hydrogen (secondary N) is 2. The average Bonchev–Trinajstić information content (AvgIpc) is 3.33. The van der Waals surface area contributed by atoms with E-state index in [0.29, 0.717) is 30.3 Å². The first-order chi connectivity index (χ1) is 16.0. The van der Waals surface area contributed by atoms with Crippen LogP contribution in [0.3, 0.4) is 0 Å². The van der Waals surface area contributed by atoms with Gasteiger partial charge in [0.05, 0.1) is 19.3 Å². The molecule has 172 valence electrons. The second-order valence-electron chi connectivity index (χ2n) is 7.16. The van der Waals surface area contributed by atoms with Crippen LogP contribution in [0.5, 0.6) is 11.5 Å². The van der Waals surface area contributed by atoms with Crippen molar-refractivity contribution in [1.29, 1.82) is 0 Å². The van der Waals surface area contributed by atoms with E-state index in [-0.39, 0.29) is 23.6 Å². The van der Waals surface area contributed by atoms with Gasteiger partial charge in [-0.25, -0.2) is 0 Å². The summed E-state index contributed by atoms with van der Waals surface area (Å²) in [5.74, 6) is 0.563. The Labute approximate surface area is 198 Å². The van der Waals surface area contributed by atoms with Gasteiger partial charge in [-0.2, -0.15) is 0 Å². The predicted molar refractivity (Wildman–Crippen MR) is 132 cm³/mol. The predicted octanol–water partition coefficient (Wildman–Crippen LogP) is 5.19. The molecule has 0 bridgehead atoms. The number of carbonyl (C=O) groups excluding carboxylic acids is 2. The molecular formula is C26H28N2O4S. The van der Waals surface area contributed by atoms with Gasteiger partial charge in [0.15, 0.2) is 11.5 Å². The van der Waals surface area contributed by atoms with Crippen molar-refractivity contribution in [3.05, 3.63) is 87.7 Å². The smallest absolute Gasteiger partial charge is 0.268 e. The Morgan fingerprint density at radius 3 is 2.36 bits per heavy atom. The normalized spacial score (nSPS) is 12.0. The van der Waals surface area contributed by atoms with Crippen molar-refractivity contribution in [2.24, 2.45) is 0 Å². The summed E-state index contributed by atoms with van der Waals surface area (Å²) in [6, 6.07) is 17.8. The van der Waals surface area contributed by atoms with Crippen LogP contribution in [0, 0.1) is 0 Å². The van der Waals surface area contributed by atoms with Crippen LogP contribution in [0.1, 0.15) is 47.6 Å². The van der Waals surface area contributed by atoms with Gasteiger partial charge in [0.2, 0.25) is 0 Å². The highest BCUT2D eigenvalue weighted by Crippen LogP contribution is 2.30. The van der Waals surface area contributed by atoms with E-state index < -0.39 is 0 Å². The van der Waals surface area contributed by atoms with Crippen LogP contribution in [-0.4, -0.2) is 25.0 Å². The van der Waals surface area contributed by atoms with E-state index in [4.69, 9.17) is 9.47 Å². The zero-order valence-corrected chi connectivity index (χ0v) is 19.8. The van der Waals surface area contributed by atoms with E-state index in [1.807, 2.05) is 62.5 Å². The molecule has 7 heteroatoms. The van der Waals surface area contributed by atoms with Gasteiger partial charge in [-0.05, 0) is 68.1 Å². The molecule has 1 aromatic heterocycles. The maximum absolute atomic E-state index is 13.2. The highest BCUT2D eigenvalue weighted by Gasteiger charge is 2.19. The van der Waals surface area contributed by atoms with Crippen molar-refractivity contribution in [3.63, 3.8) is 0 Å². The van der Waals surface area contributed by atoms with Crippen molar-refractivity contribution in [2.75, 3.05) is 13.2 Å². The van der Waals surface area contributed by atoms with Crippen LogP contribution < -0.4 is 20.1 Å². The minimum absolute atomic E-state index is 0.175. The number of hydrogen-bond donors (Lipinski definition) is 2. The molecule has 0 fully saturated rings. The number of thiophene rings is 1. The molecule has 33 heavy (non-hydrogen) atoms. The van der Waals surface area contributed by atoms with Gasteiger partial charge in [-0.1, -0.05) is 30.3 Å². The molecule has 3 rings (SSSR count). The summed E-state index contributed by atoms with van der Waals surface area (Å²) in [6.07, 6.45) is 1.68. The van der Waals surface area contributed by atoms with Crippen LogP contribution >= 0.6 is 11.3 Å². The van der Waals surface area contributed by atoms with Crippen molar-refractivity contribution in [2.45, 2.75) is 26.8 Å². The molecule has 2 amide bonds. The zero-order chi connectivity index (χ0) is 23.6. The van der Waals surface area contributed by atoms with E-state index in [0.717, 1.165) is 10.4 Å². The van der Waals surface area contributed by atoms with Crippen LogP contribution in [0.15, 0.2) is 71.7 Å². The number of hydrogen-bond acceptors (Lipinski definition) is 5. The van der Waals surface area contributed by atoms with Gasteiger partial charge in [0.1, 0.15) is 5.70 Å². The van der Waals surface area contributed by atoms with Crippen molar-refractivity contribution in [1.82, 2.24) is 10.6 Å². The molecule has 0 aliphatic rings. The SMILES string of the molecule is CCOc1ccc([C@H](C)NC(=O)/C(=C/c2cccs2)NC(=O)c2ccccc2)cc1OCC. The number of ether oxygens (including phenoxy) is 2. The Hall–Kier alpha value is -3.58. The summed E-state index contributed by atoms with van der Waals surface area (Å²) in [4.78, 5) is 26.7. The summed E-state index contributed by atoms with van der Waals surface area (Å²) in [5.41, 5.74) is 1.51. The molecule has 1 atom stereocenters. The summed E-state index contributed by atoms with van der Waals surface area (Å²) >= 11 is 1.48. The molecule has 2 N–H and O–H groups in total. The van der Waals surface area contributed by atoms with E-state index in [1.54, 1.807) is 30.3 Å². The number of amides is 2.